The molecule has 0 aromatic heterocycles. The van der Waals surface area contributed by atoms with Gasteiger partial charge >= 0.3 is 6.03 Å². The van der Waals surface area contributed by atoms with Crippen LogP contribution in [-0.2, 0) is 6.54 Å². The van der Waals surface area contributed by atoms with Gasteiger partial charge in [0.1, 0.15) is 0 Å². The number of nitrogens with one attached hydrogen (secondary N) is 2. The van der Waals surface area contributed by atoms with Gasteiger partial charge in [0.2, 0.25) is 0 Å². The summed E-state index contributed by atoms with van der Waals surface area (Å²) in [4.78, 5) is 33.7. The van der Waals surface area contributed by atoms with E-state index in [1.54, 1.807) is 7.05 Å². The summed E-state index contributed by atoms with van der Waals surface area (Å²) in [5, 5.41) is 2.82. The monoisotopic (exact) mass is 635 g/mol. The van der Waals surface area contributed by atoms with Crippen molar-refractivity contribution in [2.24, 2.45) is 0 Å². The Bertz CT molecular complexity index is 1590. The summed E-state index contributed by atoms with van der Waals surface area (Å²) in [6.45, 7) is 7.64. The van der Waals surface area contributed by atoms with E-state index in [0.29, 0.717) is 12.1 Å². The summed E-state index contributed by atoms with van der Waals surface area (Å²) in [5.41, 5.74) is 7.07. The molecule has 0 aliphatic carbocycles. The van der Waals surface area contributed by atoms with Crippen LogP contribution in [0.1, 0.15) is 61.9 Å². The number of unbranched alkanes of at least 4 members (excludes halogenated alkanes) is 3. The van der Waals surface area contributed by atoms with Gasteiger partial charge in [-0.15, -0.1) is 0 Å². The zero-order chi connectivity index (χ0) is 32.3. The van der Waals surface area contributed by atoms with E-state index >= 15 is 0 Å². The molecule has 0 atom stereocenters. The van der Waals surface area contributed by atoms with Crippen LogP contribution in [0.15, 0.2) is 102 Å². The molecule has 0 unspecified atom stereocenters. The summed E-state index contributed by atoms with van der Waals surface area (Å²) < 4.78 is 2.99. The van der Waals surface area contributed by atoms with Crippen LogP contribution in [0.2, 0.25) is 0 Å². The van der Waals surface area contributed by atoms with Gasteiger partial charge in [0, 0.05) is 42.8 Å². The molecule has 7 nitrogen and oxygen atoms in total. The van der Waals surface area contributed by atoms with Gasteiger partial charge in [-0.3, -0.25) is 14.4 Å². The van der Waals surface area contributed by atoms with Crippen LogP contribution >= 0.6 is 11.9 Å². The predicted molar refractivity (Wildman–Crippen MR) is 193 cm³/mol. The Labute approximate surface area is 278 Å². The molecule has 240 valence electrons. The third kappa shape index (κ3) is 8.04. The van der Waals surface area contributed by atoms with Crippen LogP contribution in [0.25, 0.3) is 11.1 Å². The maximum Gasteiger partial charge on any atom is 0.321 e. The number of nitrogens with zero attached hydrogens (tertiary/aromatic N) is 3. The second kappa shape index (κ2) is 16.2. The first kappa shape index (κ1) is 32.9. The number of anilines is 3. The van der Waals surface area contributed by atoms with Crippen molar-refractivity contribution >= 4 is 40.9 Å². The largest absolute Gasteiger partial charge is 0.352 e. The van der Waals surface area contributed by atoms with Gasteiger partial charge in [0.15, 0.2) is 0 Å². The predicted octanol–water partition coefficient (Wildman–Crippen LogP) is 8.71. The molecule has 0 bridgehead atoms. The molecule has 2 N–H and O–H groups in total. The fraction of sp³-hybridized carbons (Fsp3) is 0.316. The van der Waals surface area contributed by atoms with Crippen LogP contribution < -0.4 is 24.7 Å². The van der Waals surface area contributed by atoms with Gasteiger partial charge in [-0.1, -0.05) is 93.8 Å². The molecule has 0 spiro atoms. The molecule has 1 aliphatic rings. The molecule has 5 rings (SSSR count). The minimum absolute atomic E-state index is 0.0693. The highest BCUT2D eigenvalue weighted by Gasteiger charge is 2.27. The summed E-state index contributed by atoms with van der Waals surface area (Å²) in [5.74, 6) is -0.117. The normalized spacial score (nSPS) is 12.2. The summed E-state index contributed by atoms with van der Waals surface area (Å²) >= 11 is 1.32. The van der Waals surface area contributed by atoms with Gasteiger partial charge in [0.05, 0.1) is 18.0 Å². The Morgan fingerprint density at radius 1 is 0.804 bits per heavy atom. The lowest BCUT2D eigenvalue weighted by Gasteiger charge is -2.24. The third-order valence-electron chi connectivity index (χ3n) is 8.33. The van der Waals surface area contributed by atoms with Crippen LogP contribution in [-0.4, -0.2) is 38.7 Å². The molecule has 1 aliphatic heterocycles. The molecule has 3 amide bonds. The molecule has 4 aromatic rings. The van der Waals surface area contributed by atoms with E-state index in [9.17, 15) is 9.59 Å². The highest BCUT2D eigenvalue weighted by molar-refractivity contribution is 7.98. The number of urea groups is 1. The van der Waals surface area contributed by atoms with Gasteiger partial charge in [-0.25, -0.2) is 4.79 Å². The molecule has 8 heteroatoms. The zero-order valence-corrected chi connectivity index (χ0v) is 28.0. The number of hydrogen-bond acceptors (Lipinski definition) is 5. The average molecular weight is 636 g/mol. The quantitative estimate of drug-likeness (QED) is 0.107. The van der Waals surface area contributed by atoms with E-state index in [2.05, 4.69) is 76.2 Å². The minimum Gasteiger partial charge on any atom is -0.352 e. The third-order valence-corrected chi connectivity index (χ3v) is 9.13. The van der Waals surface area contributed by atoms with Crippen LogP contribution in [0.4, 0.5) is 21.9 Å². The van der Waals surface area contributed by atoms with E-state index in [4.69, 9.17) is 0 Å². The second-order valence-corrected chi connectivity index (χ2v) is 12.5. The molecule has 0 saturated heterocycles. The summed E-state index contributed by atoms with van der Waals surface area (Å²) in [7, 11) is 1.70. The molecular formula is C38H45N5O2S. The standard InChI is InChI=1S/C38H45N5O2S/c1-4-6-13-25-43(38(45)39-3)31-22-23-35-36(26-31)41(24-7-5-2)28-42(35)27-29-18-20-30(21-19-29)33-16-11-12-17-34(33)37(44)40-46-32-14-9-8-10-15-32/h8-12,14-23,26H,4-7,13,24-25,27-28H2,1-3H3,(H,39,45)(H,40,44). The molecule has 0 fully saturated rings. The molecule has 1 heterocycles. The van der Waals surface area contributed by atoms with Crippen LogP contribution in [0.3, 0.4) is 0 Å². The van der Waals surface area contributed by atoms with Crippen molar-refractivity contribution in [1.82, 2.24) is 10.0 Å². The van der Waals surface area contributed by atoms with Gasteiger partial charge in [0.25, 0.3) is 5.91 Å². The second-order valence-electron chi connectivity index (χ2n) is 11.6. The van der Waals surface area contributed by atoms with Crippen molar-refractivity contribution in [3.05, 3.63) is 108 Å². The Kier molecular flexibility index (Phi) is 11.6. The lowest BCUT2D eigenvalue weighted by molar-refractivity contribution is 0.0985. The molecular weight excluding hydrogens is 591 g/mol. The lowest BCUT2D eigenvalue weighted by Crippen LogP contribution is -2.38. The first-order chi connectivity index (χ1) is 22.5. The summed E-state index contributed by atoms with van der Waals surface area (Å²) in [6.07, 6.45) is 5.42. The fourth-order valence-electron chi connectivity index (χ4n) is 5.83. The Morgan fingerprint density at radius 3 is 2.28 bits per heavy atom. The van der Waals surface area contributed by atoms with Crippen molar-refractivity contribution < 1.29 is 9.59 Å². The smallest absolute Gasteiger partial charge is 0.321 e. The van der Waals surface area contributed by atoms with E-state index in [-0.39, 0.29) is 11.9 Å². The topological polar surface area (TPSA) is 67.9 Å². The van der Waals surface area contributed by atoms with Gasteiger partial charge in [-0.05, 0) is 77.9 Å². The summed E-state index contributed by atoms with van der Waals surface area (Å²) in [6, 6.07) is 32.5. The number of carbonyl (C=O) groups excluding carboxylic acids is 2. The maximum absolute atomic E-state index is 13.1. The number of fused-ring (bicyclic) bond motifs is 1. The van der Waals surface area contributed by atoms with Gasteiger partial charge in [-0.2, -0.15) is 0 Å². The van der Waals surface area contributed by atoms with E-state index in [0.717, 1.165) is 73.6 Å². The molecule has 46 heavy (non-hydrogen) atoms. The van der Waals surface area contributed by atoms with Crippen molar-refractivity contribution in [3.8, 4) is 11.1 Å². The van der Waals surface area contributed by atoms with Crippen molar-refractivity contribution in [2.45, 2.75) is 57.4 Å². The van der Waals surface area contributed by atoms with E-state index < -0.39 is 0 Å². The van der Waals surface area contributed by atoms with Crippen LogP contribution in [0.5, 0.6) is 0 Å². The zero-order valence-electron chi connectivity index (χ0n) is 27.2. The first-order valence-electron chi connectivity index (χ1n) is 16.4. The maximum atomic E-state index is 13.1. The Morgan fingerprint density at radius 2 is 1.54 bits per heavy atom. The molecule has 0 saturated carbocycles. The Hall–Kier alpha value is -4.43. The number of amides is 3. The number of rotatable bonds is 14. The Balaban J connectivity index is 1.32. The number of hydrogen-bond donors (Lipinski definition) is 2. The first-order valence-corrected chi connectivity index (χ1v) is 17.2. The van der Waals surface area contributed by atoms with E-state index in [1.165, 1.54) is 28.9 Å². The highest BCUT2D eigenvalue weighted by Crippen LogP contribution is 2.40. The van der Waals surface area contributed by atoms with Crippen molar-refractivity contribution in [2.75, 3.05) is 41.5 Å². The molecule has 0 radical (unpaired) electrons. The average Bonchev–Trinajstić information content (AvgIpc) is 3.44. The number of benzene rings is 4. The van der Waals surface area contributed by atoms with Crippen LogP contribution in [0, 0.1) is 0 Å². The van der Waals surface area contributed by atoms with E-state index in [1.807, 2.05) is 59.5 Å². The SMILES string of the molecule is CCCCCN(C(=O)NC)c1ccc2c(c1)N(CCCC)CN2Cc1ccc(-c2ccccc2C(=O)NSc2ccccc2)cc1. The fourth-order valence-corrected chi connectivity index (χ4v) is 6.44. The number of carbonyl (C=O) groups is 2. The highest BCUT2D eigenvalue weighted by atomic mass is 32.2. The van der Waals surface area contributed by atoms with Crippen molar-refractivity contribution in [3.63, 3.8) is 0 Å². The lowest BCUT2D eigenvalue weighted by atomic mass is 9.98. The van der Waals surface area contributed by atoms with Gasteiger partial charge < -0.3 is 15.1 Å². The van der Waals surface area contributed by atoms with Crippen molar-refractivity contribution in [1.29, 1.82) is 0 Å². The minimum atomic E-state index is -0.117. The molecule has 4 aromatic carbocycles.